The van der Waals surface area contributed by atoms with Crippen LogP contribution in [0.3, 0.4) is 0 Å². The summed E-state index contributed by atoms with van der Waals surface area (Å²) in [5.41, 5.74) is 2.76. The number of nitrogens with one attached hydrogen (secondary N) is 1. The summed E-state index contributed by atoms with van der Waals surface area (Å²) < 4.78 is 2.24. The molecule has 0 radical (unpaired) electrons. The smallest absolute Gasteiger partial charge is 0.0481 e. The molecule has 0 saturated heterocycles. The Morgan fingerprint density at radius 2 is 2.00 bits per heavy atom. The Balaban J connectivity index is 2.33. The quantitative estimate of drug-likeness (QED) is 0.805. The van der Waals surface area contributed by atoms with Gasteiger partial charge in [-0.25, -0.2) is 0 Å². The highest BCUT2D eigenvalue weighted by molar-refractivity contribution is 5.84. The highest BCUT2D eigenvalue weighted by Gasteiger charge is 2.18. The van der Waals surface area contributed by atoms with Gasteiger partial charge in [0.25, 0.3) is 0 Å². The molecule has 1 N–H and O–H groups in total. The van der Waals surface area contributed by atoms with Gasteiger partial charge < -0.3 is 14.8 Å². The van der Waals surface area contributed by atoms with Crippen LogP contribution in [-0.2, 0) is 7.05 Å². The van der Waals surface area contributed by atoms with Crippen LogP contribution in [0.1, 0.15) is 24.4 Å². The Morgan fingerprint density at radius 3 is 2.68 bits per heavy atom. The van der Waals surface area contributed by atoms with Crippen LogP contribution >= 0.6 is 0 Å². The van der Waals surface area contributed by atoms with Gasteiger partial charge in [0.05, 0.1) is 0 Å². The second-order valence-electron chi connectivity index (χ2n) is 5.44. The molecule has 0 aliphatic heterocycles. The Hall–Kier alpha value is -1.32. The van der Waals surface area contributed by atoms with Crippen molar-refractivity contribution in [2.75, 3.05) is 27.7 Å². The van der Waals surface area contributed by atoms with Gasteiger partial charge in [0.1, 0.15) is 0 Å². The highest BCUT2D eigenvalue weighted by atomic mass is 15.1. The summed E-state index contributed by atoms with van der Waals surface area (Å²) in [6, 6.07) is 9.15. The molecule has 1 unspecified atom stereocenters. The van der Waals surface area contributed by atoms with Crippen molar-refractivity contribution in [2.45, 2.75) is 18.9 Å². The largest absolute Gasteiger partial charge is 0.350 e. The lowest BCUT2D eigenvalue weighted by Gasteiger charge is -2.24. The second kappa shape index (κ2) is 6.22. The molecule has 2 rings (SSSR count). The fourth-order valence-corrected chi connectivity index (χ4v) is 2.80. The summed E-state index contributed by atoms with van der Waals surface area (Å²) in [6.07, 6.45) is 4.67. The molecule has 0 amide bonds. The van der Waals surface area contributed by atoms with Crippen molar-refractivity contribution in [1.29, 1.82) is 0 Å². The molecule has 1 aromatic heterocycles. The number of nitrogens with zero attached hydrogens (tertiary/aromatic N) is 2. The summed E-state index contributed by atoms with van der Waals surface area (Å²) in [5.74, 6) is 0. The fourth-order valence-electron chi connectivity index (χ4n) is 2.80. The molecule has 19 heavy (non-hydrogen) atoms. The lowest BCUT2D eigenvalue weighted by atomic mass is 10.0. The van der Waals surface area contributed by atoms with Gasteiger partial charge in [-0.15, -0.1) is 0 Å². The van der Waals surface area contributed by atoms with E-state index >= 15 is 0 Å². The summed E-state index contributed by atoms with van der Waals surface area (Å²) >= 11 is 0. The summed E-state index contributed by atoms with van der Waals surface area (Å²) in [5, 5.41) is 4.61. The van der Waals surface area contributed by atoms with Crippen molar-refractivity contribution >= 4 is 10.9 Å². The van der Waals surface area contributed by atoms with Gasteiger partial charge in [0, 0.05) is 30.2 Å². The molecule has 0 bridgehead atoms. The molecular formula is C16H25N3. The van der Waals surface area contributed by atoms with E-state index in [2.05, 4.69) is 66.4 Å². The fraction of sp³-hybridized carbons (Fsp3) is 0.500. The predicted octanol–water partition coefficient (Wildman–Crippen LogP) is 2.78. The molecular weight excluding hydrogens is 234 g/mol. The van der Waals surface area contributed by atoms with E-state index in [1.54, 1.807) is 0 Å². The van der Waals surface area contributed by atoms with Crippen molar-refractivity contribution in [1.82, 2.24) is 14.8 Å². The zero-order valence-electron chi connectivity index (χ0n) is 12.5. The second-order valence-corrected chi connectivity index (χ2v) is 5.44. The summed E-state index contributed by atoms with van der Waals surface area (Å²) in [6.45, 7) is 1.08. The third-order valence-electron chi connectivity index (χ3n) is 3.81. The minimum Gasteiger partial charge on any atom is -0.350 e. The average Bonchev–Trinajstić information content (AvgIpc) is 2.72. The number of hydrogen-bond acceptors (Lipinski definition) is 2. The molecule has 3 heteroatoms. The number of aromatic nitrogens is 1. The van der Waals surface area contributed by atoms with Crippen molar-refractivity contribution in [3.63, 3.8) is 0 Å². The Bertz CT molecular complexity index is 528. The molecule has 0 fully saturated rings. The molecule has 3 nitrogen and oxygen atoms in total. The molecule has 0 aliphatic rings. The van der Waals surface area contributed by atoms with Gasteiger partial charge in [-0.05, 0) is 52.2 Å². The van der Waals surface area contributed by atoms with Crippen LogP contribution in [0.15, 0.2) is 30.5 Å². The third-order valence-corrected chi connectivity index (χ3v) is 3.81. The average molecular weight is 259 g/mol. The van der Waals surface area contributed by atoms with Crippen LogP contribution in [0, 0.1) is 0 Å². The van der Waals surface area contributed by atoms with Crippen molar-refractivity contribution < 1.29 is 0 Å². The highest BCUT2D eigenvalue weighted by Crippen LogP contribution is 2.31. The SMILES string of the molecule is CNCCCC(c1cn(C)c2ccccc12)N(C)C. The summed E-state index contributed by atoms with van der Waals surface area (Å²) in [7, 11) is 8.49. The van der Waals surface area contributed by atoms with Gasteiger partial charge in [0.2, 0.25) is 0 Å². The topological polar surface area (TPSA) is 20.2 Å². The van der Waals surface area contributed by atoms with Crippen LogP contribution < -0.4 is 5.32 Å². The zero-order valence-corrected chi connectivity index (χ0v) is 12.5. The summed E-state index contributed by atoms with van der Waals surface area (Å²) in [4.78, 5) is 2.33. The van der Waals surface area contributed by atoms with Gasteiger partial charge in [-0.1, -0.05) is 18.2 Å². The van der Waals surface area contributed by atoms with E-state index in [4.69, 9.17) is 0 Å². The molecule has 104 valence electrons. The lowest BCUT2D eigenvalue weighted by Crippen LogP contribution is -2.21. The third kappa shape index (κ3) is 2.99. The van der Waals surface area contributed by atoms with Crippen LogP contribution in [0.25, 0.3) is 10.9 Å². The lowest BCUT2D eigenvalue weighted by molar-refractivity contribution is 0.280. The normalized spacial score (nSPS) is 13.3. The van der Waals surface area contributed by atoms with E-state index in [0.29, 0.717) is 6.04 Å². The number of benzene rings is 1. The standard InChI is InChI=1S/C16H25N3/c1-17-11-7-10-15(18(2)3)14-12-19(4)16-9-6-5-8-13(14)16/h5-6,8-9,12,15,17H,7,10-11H2,1-4H3. The van der Waals surface area contributed by atoms with Crippen molar-refractivity contribution in [3.05, 3.63) is 36.0 Å². The Morgan fingerprint density at radius 1 is 1.26 bits per heavy atom. The first kappa shape index (κ1) is 14.1. The number of rotatable bonds is 6. The molecule has 0 spiro atoms. The molecule has 1 atom stereocenters. The predicted molar refractivity (Wildman–Crippen MR) is 82.5 cm³/mol. The van der Waals surface area contributed by atoms with Crippen LogP contribution in [0.2, 0.25) is 0 Å². The number of hydrogen-bond donors (Lipinski definition) is 1. The maximum absolute atomic E-state index is 3.23. The molecule has 1 aromatic carbocycles. The molecule has 1 heterocycles. The molecule has 0 saturated carbocycles. The molecule has 0 aliphatic carbocycles. The number of para-hydroxylation sites is 1. The number of aryl methyl sites for hydroxylation is 1. The first-order valence-corrected chi connectivity index (χ1v) is 7.00. The van der Waals surface area contributed by atoms with E-state index in [-0.39, 0.29) is 0 Å². The van der Waals surface area contributed by atoms with E-state index in [0.717, 1.165) is 6.54 Å². The van der Waals surface area contributed by atoms with Gasteiger partial charge in [0.15, 0.2) is 0 Å². The maximum atomic E-state index is 3.23. The van der Waals surface area contributed by atoms with Crippen LogP contribution in [-0.4, -0.2) is 37.2 Å². The first-order valence-electron chi connectivity index (χ1n) is 7.00. The van der Waals surface area contributed by atoms with Gasteiger partial charge in [-0.2, -0.15) is 0 Å². The maximum Gasteiger partial charge on any atom is 0.0481 e. The van der Waals surface area contributed by atoms with E-state index in [9.17, 15) is 0 Å². The zero-order chi connectivity index (χ0) is 13.8. The number of fused-ring (bicyclic) bond motifs is 1. The Kier molecular flexibility index (Phi) is 4.61. The first-order chi connectivity index (χ1) is 9.15. The monoisotopic (exact) mass is 259 g/mol. The van der Waals surface area contributed by atoms with Crippen molar-refractivity contribution in [2.24, 2.45) is 7.05 Å². The minimum atomic E-state index is 0.486. The molecule has 2 aromatic rings. The van der Waals surface area contributed by atoms with Gasteiger partial charge in [-0.3, -0.25) is 0 Å². The van der Waals surface area contributed by atoms with E-state index < -0.39 is 0 Å². The van der Waals surface area contributed by atoms with Crippen molar-refractivity contribution in [3.8, 4) is 0 Å². The van der Waals surface area contributed by atoms with Gasteiger partial charge >= 0.3 is 0 Å². The van der Waals surface area contributed by atoms with Crippen LogP contribution in [0.5, 0.6) is 0 Å². The van der Waals surface area contributed by atoms with Crippen LogP contribution in [0.4, 0.5) is 0 Å². The van der Waals surface area contributed by atoms with E-state index in [1.165, 1.54) is 29.3 Å². The van der Waals surface area contributed by atoms with E-state index in [1.807, 2.05) is 7.05 Å². The minimum absolute atomic E-state index is 0.486. The Labute approximate surface area is 116 Å².